The van der Waals surface area contributed by atoms with Crippen molar-refractivity contribution < 1.29 is 80.2 Å². The first kappa shape index (κ1) is 94.8. The highest BCUT2D eigenvalue weighted by Gasteiger charge is 2.30. The van der Waals surface area contributed by atoms with Gasteiger partial charge in [0, 0.05) is 25.7 Å². The van der Waals surface area contributed by atoms with E-state index in [1.165, 1.54) is 109 Å². The van der Waals surface area contributed by atoms with Crippen LogP contribution in [0.5, 0.6) is 0 Å². The van der Waals surface area contributed by atoms with Crippen LogP contribution in [0.1, 0.15) is 362 Å². The standard InChI is InChI=1S/C79H144O17P2/c1-5-9-13-17-21-25-29-33-36-40-43-47-51-55-59-63-76(81)89-69-74(95-78(83)65-61-57-53-49-45-39-32-28-24-20-16-12-8-4)71-93-97(85,86)91-67-73(80)68-92-98(87,88)94-72-75(96-79(84)66-62-58-54-50-46-42-38-35-31-27-23-19-15-11-7-3)70-90-77(82)64-60-56-52-48-44-41-37-34-30-26-22-18-14-10-6-2/h22,26-28,31-34,36-37,73-75,80H,5-21,23-25,29-30,35,38-72H2,1-4H3,(H,85,86)(H,87,88)/b26-22-,31-27-,32-28-,36-33-,37-34-/t73?,74-,75-/m1/s1. The molecule has 98 heavy (non-hydrogen) atoms. The molecular weight excluding hydrogens is 1280 g/mol. The number of aliphatic hydroxyl groups excluding tert-OH is 1. The van der Waals surface area contributed by atoms with Crippen molar-refractivity contribution in [2.75, 3.05) is 39.6 Å². The molecule has 19 heteroatoms. The maximum absolute atomic E-state index is 13.1. The summed E-state index contributed by atoms with van der Waals surface area (Å²) in [7, 11) is -9.94. The fourth-order valence-electron chi connectivity index (χ4n) is 10.8. The molecular formula is C79H144O17P2. The van der Waals surface area contributed by atoms with Crippen molar-refractivity contribution in [3.8, 4) is 0 Å². The highest BCUT2D eigenvalue weighted by atomic mass is 31.2. The Hall–Kier alpha value is -3.24. The second-order valence-electron chi connectivity index (χ2n) is 26.6. The monoisotopic (exact) mass is 1430 g/mol. The van der Waals surface area contributed by atoms with Gasteiger partial charge in [-0.05, 0) is 135 Å². The molecule has 3 unspecified atom stereocenters. The van der Waals surface area contributed by atoms with Crippen molar-refractivity contribution in [3.05, 3.63) is 60.8 Å². The number of aliphatic hydroxyl groups is 1. The number of ether oxygens (including phenoxy) is 4. The van der Waals surface area contributed by atoms with Crippen LogP contribution in [-0.4, -0.2) is 96.7 Å². The molecule has 0 bridgehead atoms. The zero-order chi connectivity index (χ0) is 71.8. The van der Waals surface area contributed by atoms with Crippen LogP contribution in [0, 0.1) is 0 Å². The fraction of sp³-hybridized carbons (Fsp3) is 0.823. The highest BCUT2D eigenvalue weighted by Crippen LogP contribution is 2.45. The molecule has 0 fully saturated rings. The van der Waals surface area contributed by atoms with Crippen LogP contribution in [0.2, 0.25) is 0 Å². The third kappa shape index (κ3) is 71.2. The van der Waals surface area contributed by atoms with Crippen molar-refractivity contribution in [3.63, 3.8) is 0 Å². The molecule has 0 spiro atoms. The molecule has 0 saturated carbocycles. The fourth-order valence-corrected chi connectivity index (χ4v) is 12.4. The lowest BCUT2D eigenvalue weighted by molar-refractivity contribution is -0.161. The summed E-state index contributed by atoms with van der Waals surface area (Å²) in [5.41, 5.74) is 0. The summed E-state index contributed by atoms with van der Waals surface area (Å²) in [6.07, 6.45) is 70.5. The van der Waals surface area contributed by atoms with E-state index in [0.717, 1.165) is 173 Å². The Labute approximate surface area is 597 Å². The van der Waals surface area contributed by atoms with E-state index in [0.29, 0.717) is 25.7 Å². The number of unbranched alkanes of at least 4 members (excludes halogenated alkanes) is 39. The van der Waals surface area contributed by atoms with Gasteiger partial charge in [0.25, 0.3) is 0 Å². The van der Waals surface area contributed by atoms with E-state index < -0.39 is 97.5 Å². The van der Waals surface area contributed by atoms with Gasteiger partial charge in [0.2, 0.25) is 0 Å². The molecule has 0 radical (unpaired) electrons. The van der Waals surface area contributed by atoms with E-state index in [4.69, 9.17) is 37.0 Å². The molecule has 5 atom stereocenters. The van der Waals surface area contributed by atoms with Gasteiger partial charge in [0.05, 0.1) is 26.4 Å². The first-order chi connectivity index (χ1) is 47.7. The van der Waals surface area contributed by atoms with E-state index in [-0.39, 0.29) is 25.7 Å². The van der Waals surface area contributed by atoms with Crippen LogP contribution in [-0.2, 0) is 65.4 Å². The van der Waals surface area contributed by atoms with Gasteiger partial charge in [-0.3, -0.25) is 37.3 Å². The summed E-state index contributed by atoms with van der Waals surface area (Å²) in [4.78, 5) is 72.9. The van der Waals surface area contributed by atoms with Crippen molar-refractivity contribution in [2.45, 2.75) is 380 Å². The van der Waals surface area contributed by atoms with Gasteiger partial charge in [-0.2, -0.15) is 0 Å². The molecule has 0 aromatic rings. The van der Waals surface area contributed by atoms with E-state index in [1.807, 2.05) is 0 Å². The zero-order valence-corrected chi connectivity index (χ0v) is 64.3. The number of allylic oxidation sites excluding steroid dienone is 10. The minimum absolute atomic E-state index is 0.0870. The van der Waals surface area contributed by atoms with E-state index in [2.05, 4.69) is 88.5 Å². The van der Waals surface area contributed by atoms with Gasteiger partial charge < -0.3 is 33.8 Å². The number of esters is 4. The highest BCUT2D eigenvalue weighted by molar-refractivity contribution is 7.47. The molecule has 0 aliphatic heterocycles. The van der Waals surface area contributed by atoms with Crippen LogP contribution in [0.25, 0.3) is 0 Å². The molecule has 0 aliphatic carbocycles. The second kappa shape index (κ2) is 72.1. The summed E-state index contributed by atoms with van der Waals surface area (Å²) in [6.45, 7) is 4.84. The second-order valence-corrected chi connectivity index (χ2v) is 29.5. The third-order valence-electron chi connectivity index (χ3n) is 16.9. The lowest BCUT2D eigenvalue weighted by atomic mass is 10.1. The van der Waals surface area contributed by atoms with E-state index in [1.54, 1.807) is 0 Å². The predicted octanol–water partition coefficient (Wildman–Crippen LogP) is 22.7. The number of rotatable bonds is 75. The topological polar surface area (TPSA) is 237 Å². The van der Waals surface area contributed by atoms with Crippen LogP contribution >= 0.6 is 15.6 Å². The number of carbonyl (C=O) groups excluding carboxylic acids is 4. The summed E-state index contributed by atoms with van der Waals surface area (Å²) >= 11 is 0. The van der Waals surface area contributed by atoms with Crippen LogP contribution in [0.15, 0.2) is 60.8 Å². The lowest BCUT2D eigenvalue weighted by Crippen LogP contribution is -2.30. The van der Waals surface area contributed by atoms with Gasteiger partial charge in [-0.15, -0.1) is 0 Å². The van der Waals surface area contributed by atoms with E-state index >= 15 is 0 Å². The molecule has 0 heterocycles. The van der Waals surface area contributed by atoms with Gasteiger partial charge in [-0.25, -0.2) is 9.13 Å². The summed E-state index contributed by atoms with van der Waals surface area (Å²) < 4.78 is 68.5. The Kier molecular flexibility index (Phi) is 69.7. The van der Waals surface area contributed by atoms with Crippen molar-refractivity contribution in [1.29, 1.82) is 0 Å². The maximum atomic E-state index is 13.1. The van der Waals surface area contributed by atoms with E-state index in [9.17, 15) is 43.2 Å². The Balaban J connectivity index is 5.34. The molecule has 572 valence electrons. The summed E-state index contributed by atoms with van der Waals surface area (Å²) in [6, 6.07) is 0. The average molecular weight is 1430 g/mol. The number of phosphoric ester groups is 2. The largest absolute Gasteiger partial charge is 0.472 e. The molecule has 0 aliphatic rings. The molecule has 0 saturated heterocycles. The molecule has 0 rings (SSSR count). The minimum atomic E-state index is -4.97. The smallest absolute Gasteiger partial charge is 0.462 e. The SMILES string of the molecule is CCCCC/C=C\C/C=C\CCCCCCCC(=O)OC[C@H](COP(=O)(O)OCC(O)COP(=O)(O)OC[C@@H](COC(=O)CCCCCCC/C=C\CCCCCCCC)OC(=O)CCCCCCC/C=C\CCCCCC)OC(=O)CCCCCCCCC/C=C\CCCCCC. The van der Waals surface area contributed by atoms with Crippen LogP contribution in [0.4, 0.5) is 0 Å². The predicted molar refractivity (Wildman–Crippen MR) is 400 cm³/mol. The number of phosphoric acid groups is 2. The first-order valence-electron chi connectivity index (χ1n) is 39.5. The van der Waals surface area contributed by atoms with Gasteiger partial charge in [0.15, 0.2) is 12.2 Å². The van der Waals surface area contributed by atoms with Crippen molar-refractivity contribution in [1.82, 2.24) is 0 Å². The van der Waals surface area contributed by atoms with Gasteiger partial charge >= 0.3 is 39.5 Å². The normalized spacial score (nSPS) is 14.2. The van der Waals surface area contributed by atoms with Crippen LogP contribution in [0.3, 0.4) is 0 Å². The third-order valence-corrected chi connectivity index (χ3v) is 18.8. The quantitative estimate of drug-likeness (QED) is 0.0169. The Morgan fingerprint density at radius 2 is 0.500 bits per heavy atom. The minimum Gasteiger partial charge on any atom is -0.462 e. The maximum Gasteiger partial charge on any atom is 0.472 e. The van der Waals surface area contributed by atoms with Crippen molar-refractivity contribution >= 4 is 39.5 Å². The molecule has 3 N–H and O–H groups in total. The Morgan fingerprint density at radius 1 is 0.286 bits per heavy atom. The molecule has 0 aromatic heterocycles. The number of carbonyl (C=O) groups is 4. The zero-order valence-electron chi connectivity index (χ0n) is 62.5. The summed E-state index contributed by atoms with van der Waals surface area (Å²) in [5.74, 6) is -2.18. The Bertz CT molecular complexity index is 2100. The molecule has 17 nitrogen and oxygen atoms in total. The first-order valence-corrected chi connectivity index (χ1v) is 42.5. The average Bonchev–Trinajstić information content (AvgIpc) is 1.04. The van der Waals surface area contributed by atoms with Crippen LogP contribution < -0.4 is 0 Å². The molecule has 0 aromatic carbocycles. The number of hydrogen-bond acceptors (Lipinski definition) is 15. The van der Waals surface area contributed by atoms with Gasteiger partial charge in [0.1, 0.15) is 19.3 Å². The number of hydrogen-bond donors (Lipinski definition) is 3. The summed E-state index contributed by atoms with van der Waals surface area (Å²) in [5, 5.41) is 10.6. The lowest BCUT2D eigenvalue weighted by Gasteiger charge is -2.21. The van der Waals surface area contributed by atoms with Crippen molar-refractivity contribution in [2.24, 2.45) is 0 Å². The Morgan fingerprint density at radius 3 is 0.796 bits per heavy atom. The molecule has 0 amide bonds. The van der Waals surface area contributed by atoms with Gasteiger partial charge in [-0.1, -0.05) is 262 Å².